The van der Waals surface area contributed by atoms with Gasteiger partial charge in [-0.3, -0.25) is 4.90 Å². The number of hydrogen-bond acceptors (Lipinski definition) is 7. The number of nitrogens with zero attached hydrogens (tertiary/aromatic N) is 3. The Labute approximate surface area is 213 Å². The quantitative estimate of drug-likeness (QED) is 0.390. The number of aromatic nitrogens is 2. The second-order valence-corrected chi connectivity index (χ2v) is 8.82. The van der Waals surface area contributed by atoms with Crippen LogP contribution in [0.1, 0.15) is 30.0 Å². The lowest BCUT2D eigenvalue weighted by Crippen LogP contribution is -2.46. The summed E-state index contributed by atoms with van der Waals surface area (Å²) in [6.07, 6.45) is 0. The highest BCUT2D eigenvalue weighted by molar-refractivity contribution is 6.01. The van der Waals surface area contributed by atoms with Gasteiger partial charge in [0.2, 0.25) is 12.6 Å². The number of ether oxygens (including phenoxy) is 3. The molecule has 0 bridgehead atoms. The molecular weight excluding hydrogens is 472 g/mol. The van der Waals surface area contributed by atoms with Crippen molar-refractivity contribution in [3.8, 4) is 28.6 Å². The molecule has 1 aromatic heterocycles. The van der Waals surface area contributed by atoms with E-state index in [1.54, 1.807) is 12.0 Å². The number of carbonyl (C=O) groups excluding carboxylic acids is 1. The van der Waals surface area contributed by atoms with Gasteiger partial charge >= 0.3 is 6.03 Å². The second kappa shape index (κ2) is 9.02. The summed E-state index contributed by atoms with van der Waals surface area (Å²) < 4.78 is 22.0. The zero-order chi connectivity index (χ0) is 25.5. The van der Waals surface area contributed by atoms with Crippen molar-refractivity contribution in [2.24, 2.45) is 0 Å². The summed E-state index contributed by atoms with van der Waals surface area (Å²) in [6, 6.07) is 20.0. The fraction of sp³-hybridized carbons (Fsp3) is 0.179. The molecule has 6 rings (SSSR count). The molecule has 4 aromatic rings. The zero-order valence-corrected chi connectivity index (χ0v) is 20.5. The number of allylic oxidation sites excluding steroid dienone is 1. The summed E-state index contributed by atoms with van der Waals surface area (Å²) in [5.74, 6) is 2.74. The number of aryl methyl sites for hydroxylation is 1. The van der Waals surface area contributed by atoms with Gasteiger partial charge in [0.05, 0.1) is 24.4 Å². The Kier molecular flexibility index (Phi) is 5.52. The van der Waals surface area contributed by atoms with Crippen LogP contribution in [0.15, 0.2) is 77.0 Å². The van der Waals surface area contributed by atoms with Crippen LogP contribution in [0.3, 0.4) is 0 Å². The van der Waals surface area contributed by atoms with Gasteiger partial charge in [0.15, 0.2) is 11.5 Å². The maximum atomic E-state index is 13.4. The van der Waals surface area contributed by atoms with E-state index in [0.29, 0.717) is 34.5 Å². The number of carbonyl (C=O) groups is 1. The lowest BCUT2D eigenvalue weighted by Gasteiger charge is -2.35. The van der Waals surface area contributed by atoms with Crippen LogP contribution in [-0.4, -0.2) is 30.1 Å². The van der Waals surface area contributed by atoms with Crippen molar-refractivity contribution >= 4 is 17.3 Å². The Bertz CT molecular complexity index is 1530. The molecule has 0 saturated heterocycles. The molecule has 37 heavy (non-hydrogen) atoms. The van der Waals surface area contributed by atoms with Crippen molar-refractivity contribution < 1.29 is 23.5 Å². The van der Waals surface area contributed by atoms with Crippen molar-refractivity contribution in [1.82, 2.24) is 15.5 Å². The minimum absolute atomic E-state index is 0.181. The third-order valence-corrected chi connectivity index (χ3v) is 6.48. The summed E-state index contributed by atoms with van der Waals surface area (Å²) in [6.45, 7) is 4.05. The van der Waals surface area contributed by atoms with Gasteiger partial charge in [0, 0.05) is 11.3 Å². The van der Waals surface area contributed by atoms with Crippen LogP contribution in [0.5, 0.6) is 17.2 Å². The summed E-state index contributed by atoms with van der Waals surface area (Å²) in [5, 5.41) is 7.36. The van der Waals surface area contributed by atoms with Crippen molar-refractivity contribution in [2.75, 3.05) is 18.8 Å². The number of rotatable bonds is 5. The maximum absolute atomic E-state index is 13.4. The Hall–Kier alpha value is -4.79. The molecule has 1 atom stereocenters. The molecule has 2 aliphatic rings. The first-order valence-electron chi connectivity index (χ1n) is 11.8. The van der Waals surface area contributed by atoms with Crippen LogP contribution in [0.25, 0.3) is 17.0 Å². The lowest BCUT2D eigenvalue weighted by molar-refractivity contribution is 0.174. The standard InChI is InChI=1S/C28H24N4O5/c1-16-5-4-6-20(13-16)32-17(2)24(25(29-28(32)33)18-7-10-21(34-3)11-8-18)27-30-26(31-37-27)19-9-12-22-23(14-19)36-15-35-22/h4-14,25H,15H2,1-3H3,(H,29,33). The molecule has 9 nitrogen and oxygen atoms in total. The average Bonchev–Trinajstić information content (AvgIpc) is 3.58. The van der Waals surface area contributed by atoms with Gasteiger partial charge in [-0.25, -0.2) is 4.79 Å². The van der Waals surface area contributed by atoms with Crippen LogP contribution in [0.2, 0.25) is 0 Å². The third kappa shape index (κ3) is 4.04. The highest BCUT2D eigenvalue weighted by atomic mass is 16.7. The van der Waals surface area contributed by atoms with E-state index in [9.17, 15) is 4.79 Å². The first kappa shape index (κ1) is 22.7. The van der Waals surface area contributed by atoms with Gasteiger partial charge in [-0.05, 0) is 67.4 Å². The molecule has 186 valence electrons. The first-order chi connectivity index (χ1) is 18.0. The molecule has 3 heterocycles. The molecule has 2 amide bonds. The Morgan fingerprint density at radius 3 is 2.59 bits per heavy atom. The summed E-state index contributed by atoms with van der Waals surface area (Å²) in [4.78, 5) is 19.8. The molecule has 2 aliphatic heterocycles. The largest absolute Gasteiger partial charge is 0.497 e. The fourth-order valence-corrected chi connectivity index (χ4v) is 4.63. The number of hydrogen-bond donors (Lipinski definition) is 1. The predicted octanol–water partition coefficient (Wildman–Crippen LogP) is 5.48. The van der Waals surface area contributed by atoms with Gasteiger partial charge in [-0.15, -0.1) is 0 Å². The Morgan fingerprint density at radius 2 is 1.81 bits per heavy atom. The van der Waals surface area contributed by atoms with Gasteiger partial charge < -0.3 is 24.1 Å². The molecule has 3 aromatic carbocycles. The number of nitrogens with one attached hydrogen (secondary N) is 1. The Balaban J connectivity index is 1.46. The van der Waals surface area contributed by atoms with Crippen molar-refractivity contribution in [3.63, 3.8) is 0 Å². The number of fused-ring (bicyclic) bond motifs is 1. The predicted molar refractivity (Wildman–Crippen MR) is 136 cm³/mol. The van der Waals surface area contributed by atoms with E-state index in [1.165, 1.54) is 0 Å². The van der Waals surface area contributed by atoms with E-state index < -0.39 is 6.04 Å². The minimum atomic E-state index is -0.510. The van der Waals surface area contributed by atoms with Crippen LogP contribution in [0.4, 0.5) is 10.5 Å². The number of urea groups is 1. The van der Waals surface area contributed by atoms with Gasteiger partial charge in [0.25, 0.3) is 5.89 Å². The fourth-order valence-electron chi connectivity index (χ4n) is 4.63. The molecule has 0 saturated carbocycles. The van der Waals surface area contributed by atoms with E-state index in [0.717, 1.165) is 28.1 Å². The minimum Gasteiger partial charge on any atom is -0.497 e. The number of anilines is 1. The Morgan fingerprint density at radius 1 is 1.00 bits per heavy atom. The van der Waals surface area contributed by atoms with Crippen molar-refractivity contribution in [2.45, 2.75) is 19.9 Å². The van der Waals surface area contributed by atoms with Crippen LogP contribution < -0.4 is 24.4 Å². The highest BCUT2D eigenvalue weighted by Gasteiger charge is 2.36. The van der Waals surface area contributed by atoms with Gasteiger partial charge in [-0.2, -0.15) is 4.98 Å². The normalized spacial score (nSPS) is 16.7. The zero-order valence-electron chi connectivity index (χ0n) is 20.5. The summed E-state index contributed by atoms with van der Waals surface area (Å²) in [5.41, 5.74) is 4.77. The van der Waals surface area contributed by atoms with Crippen LogP contribution in [-0.2, 0) is 0 Å². The molecular formula is C28H24N4O5. The number of benzene rings is 3. The molecule has 0 spiro atoms. The van der Waals surface area contributed by atoms with Crippen molar-refractivity contribution in [1.29, 1.82) is 0 Å². The smallest absolute Gasteiger partial charge is 0.326 e. The van der Waals surface area contributed by atoms with E-state index >= 15 is 0 Å². The third-order valence-electron chi connectivity index (χ3n) is 6.48. The van der Waals surface area contributed by atoms with Crippen LogP contribution in [0, 0.1) is 6.92 Å². The molecule has 9 heteroatoms. The summed E-state index contributed by atoms with van der Waals surface area (Å²) in [7, 11) is 1.61. The van der Waals surface area contributed by atoms with E-state index in [1.807, 2.05) is 80.6 Å². The lowest BCUT2D eigenvalue weighted by atomic mass is 9.94. The van der Waals surface area contributed by atoms with E-state index in [4.69, 9.17) is 23.7 Å². The number of amides is 2. The molecule has 1 unspecified atom stereocenters. The topological polar surface area (TPSA) is 99.0 Å². The van der Waals surface area contributed by atoms with E-state index in [-0.39, 0.29) is 12.8 Å². The SMILES string of the molecule is COc1ccc(C2NC(=O)N(c3cccc(C)c3)C(C)=C2c2nc(-c3ccc4c(c3)OCO4)no2)cc1. The van der Waals surface area contributed by atoms with E-state index in [2.05, 4.69) is 10.5 Å². The molecule has 0 fully saturated rings. The average molecular weight is 497 g/mol. The second-order valence-electron chi connectivity index (χ2n) is 8.82. The first-order valence-corrected chi connectivity index (χ1v) is 11.8. The molecule has 0 radical (unpaired) electrons. The van der Waals surface area contributed by atoms with Gasteiger partial charge in [-0.1, -0.05) is 29.4 Å². The maximum Gasteiger partial charge on any atom is 0.326 e. The molecule has 0 aliphatic carbocycles. The summed E-state index contributed by atoms with van der Waals surface area (Å²) >= 11 is 0. The molecule has 1 N–H and O–H groups in total. The van der Waals surface area contributed by atoms with Gasteiger partial charge in [0.1, 0.15) is 5.75 Å². The van der Waals surface area contributed by atoms with Crippen molar-refractivity contribution in [3.05, 3.63) is 89.4 Å². The highest BCUT2D eigenvalue weighted by Crippen LogP contribution is 2.40. The number of methoxy groups -OCH3 is 1. The monoisotopic (exact) mass is 496 g/mol. The van der Waals surface area contributed by atoms with Crippen LogP contribution >= 0.6 is 0 Å².